The zero-order chi connectivity index (χ0) is 15.0. The number of urea groups is 1. The second kappa shape index (κ2) is 5.54. The van der Waals surface area contributed by atoms with Crippen LogP contribution < -0.4 is 5.32 Å². The van der Waals surface area contributed by atoms with E-state index in [1.807, 2.05) is 0 Å². The zero-order valence-electron chi connectivity index (χ0n) is 12.0. The number of nitrogens with zero attached hydrogens (tertiary/aromatic N) is 2. The molecule has 0 saturated carbocycles. The number of nitrogens with one attached hydrogen (secondary N) is 1. The second-order valence-electron chi connectivity index (χ2n) is 6.18. The fraction of sp³-hybridized carbons (Fsp3) is 0.786. The largest absolute Gasteiger partial charge is 0.480 e. The molecule has 0 radical (unpaired) electrons. The predicted molar refractivity (Wildman–Crippen MR) is 73.6 cm³/mol. The lowest BCUT2D eigenvalue weighted by Gasteiger charge is -2.42. The van der Waals surface area contributed by atoms with E-state index >= 15 is 0 Å². The van der Waals surface area contributed by atoms with Crippen molar-refractivity contribution >= 4 is 17.9 Å². The van der Waals surface area contributed by atoms with Gasteiger partial charge in [-0.25, -0.2) is 9.59 Å². The zero-order valence-corrected chi connectivity index (χ0v) is 12.0. The lowest BCUT2D eigenvalue weighted by molar-refractivity contribution is -0.141. The predicted octanol–water partition coefficient (Wildman–Crippen LogP) is 0.256. The van der Waals surface area contributed by atoms with E-state index in [1.54, 1.807) is 4.90 Å². The van der Waals surface area contributed by atoms with Gasteiger partial charge in [0.05, 0.1) is 0 Å². The summed E-state index contributed by atoms with van der Waals surface area (Å²) in [4.78, 5) is 38.4. The third-order valence-corrected chi connectivity index (χ3v) is 4.88. The molecular weight excluding hydrogens is 274 g/mol. The van der Waals surface area contributed by atoms with Crippen LogP contribution in [0.4, 0.5) is 4.79 Å². The monoisotopic (exact) mass is 295 g/mol. The quantitative estimate of drug-likeness (QED) is 0.726. The number of carboxylic acid groups (broad SMARTS) is 1. The number of piperidine rings is 2. The molecule has 3 aliphatic heterocycles. The lowest BCUT2D eigenvalue weighted by atomic mass is 9.85. The van der Waals surface area contributed by atoms with E-state index in [1.165, 1.54) is 4.90 Å². The van der Waals surface area contributed by atoms with Crippen molar-refractivity contribution in [3.05, 3.63) is 0 Å². The normalized spacial score (nSPS) is 32.6. The molecule has 0 spiro atoms. The summed E-state index contributed by atoms with van der Waals surface area (Å²) in [5.41, 5.74) is 0. The van der Waals surface area contributed by atoms with Crippen molar-refractivity contribution in [3.63, 3.8) is 0 Å². The highest BCUT2D eigenvalue weighted by Crippen LogP contribution is 2.27. The Morgan fingerprint density at radius 2 is 2.00 bits per heavy atom. The molecule has 21 heavy (non-hydrogen) atoms. The molecule has 3 amide bonds. The van der Waals surface area contributed by atoms with Gasteiger partial charge < -0.3 is 20.2 Å². The summed E-state index contributed by atoms with van der Waals surface area (Å²) in [7, 11) is 0. The minimum atomic E-state index is -0.916. The molecule has 3 aliphatic rings. The van der Waals surface area contributed by atoms with Crippen LogP contribution in [0.25, 0.3) is 0 Å². The minimum Gasteiger partial charge on any atom is -0.480 e. The third-order valence-electron chi connectivity index (χ3n) is 4.88. The number of hydrogen-bond acceptors (Lipinski definition) is 3. The van der Waals surface area contributed by atoms with Gasteiger partial charge in [-0.15, -0.1) is 0 Å². The first-order chi connectivity index (χ1) is 10.1. The number of likely N-dealkylation sites (tertiary alicyclic amines) is 2. The van der Waals surface area contributed by atoms with E-state index < -0.39 is 12.0 Å². The summed E-state index contributed by atoms with van der Waals surface area (Å²) >= 11 is 0. The molecule has 3 rings (SSSR count). The van der Waals surface area contributed by atoms with Crippen LogP contribution in [0.5, 0.6) is 0 Å². The first-order valence-electron chi connectivity index (χ1n) is 7.64. The Kier molecular flexibility index (Phi) is 3.73. The Morgan fingerprint density at radius 3 is 2.76 bits per heavy atom. The molecule has 0 aromatic rings. The Balaban J connectivity index is 1.64. The summed E-state index contributed by atoms with van der Waals surface area (Å²) in [5.74, 6) is -0.520. The number of carbonyl (C=O) groups is 3. The van der Waals surface area contributed by atoms with E-state index in [9.17, 15) is 19.5 Å². The van der Waals surface area contributed by atoms with Gasteiger partial charge in [0.15, 0.2) is 0 Å². The summed E-state index contributed by atoms with van der Waals surface area (Å²) in [6, 6.07) is -0.666. The summed E-state index contributed by atoms with van der Waals surface area (Å²) in [6.45, 7) is 1.73. The molecule has 116 valence electrons. The fourth-order valence-corrected chi connectivity index (χ4v) is 3.72. The van der Waals surface area contributed by atoms with Crippen LogP contribution in [0, 0.1) is 5.92 Å². The molecule has 0 aromatic heterocycles. The summed E-state index contributed by atoms with van der Waals surface area (Å²) in [6.07, 6.45) is 3.37. The Labute approximate surface area is 123 Å². The van der Waals surface area contributed by atoms with Gasteiger partial charge in [0.2, 0.25) is 5.91 Å². The Morgan fingerprint density at radius 1 is 1.19 bits per heavy atom. The lowest BCUT2D eigenvalue weighted by Crippen LogP contribution is -2.58. The Hall–Kier alpha value is -1.79. The van der Waals surface area contributed by atoms with Gasteiger partial charge in [-0.2, -0.15) is 0 Å². The van der Waals surface area contributed by atoms with E-state index in [-0.39, 0.29) is 18.0 Å². The van der Waals surface area contributed by atoms with Crippen molar-refractivity contribution in [1.29, 1.82) is 0 Å². The summed E-state index contributed by atoms with van der Waals surface area (Å²) in [5, 5.41) is 12.2. The van der Waals surface area contributed by atoms with Crippen molar-refractivity contribution < 1.29 is 19.5 Å². The van der Waals surface area contributed by atoms with Crippen LogP contribution in [-0.2, 0) is 9.59 Å². The van der Waals surface area contributed by atoms with E-state index in [0.29, 0.717) is 38.4 Å². The maximum Gasteiger partial charge on any atom is 0.326 e. The van der Waals surface area contributed by atoms with Crippen molar-refractivity contribution in [2.45, 2.75) is 44.2 Å². The molecule has 2 N–H and O–H groups in total. The first-order valence-corrected chi connectivity index (χ1v) is 7.64. The van der Waals surface area contributed by atoms with E-state index in [2.05, 4.69) is 5.32 Å². The van der Waals surface area contributed by atoms with Crippen molar-refractivity contribution in [2.75, 3.05) is 19.6 Å². The number of aliphatic carboxylic acids is 1. The first kappa shape index (κ1) is 14.2. The topological polar surface area (TPSA) is 90.0 Å². The molecule has 0 bridgehead atoms. The number of rotatable bonds is 1. The molecule has 3 fully saturated rings. The van der Waals surface area contributed by atoms with Crippen LogP contribution in [0.2, 0.25) is 0 Å². The molecule has 0 aromatic carbocycles. The van der Waals surface area contributed by atoms with E-state index in [0.717, 1.165) is 19.3 Å². The van der Waals surface area contributed by atoms with Gasteiger partial charge in [-0.1, -0.05) is 0 Å². The molecule has 0 aliphatic carbocycles. The molecule has 7 nitrogen and oxygen atoms in total. The van der Waals surface area contributed by atoms with Gasteiger partial charge >= 0.3 is 12.0 Å². The van der Waals surface area contributed by atoms with Crippen LogP contribution in [0.3, 0.4) is 0 Å². The number of hydrogen-bond donors (Lipinski definition) is 2. The van der Waals surface area contributed by atoms with Crippen LogP contribution >= 0.6 is 0 Å². The third kappa shape index (κ3) is 2.69. The van der Waals surface area contributed by atoms with Gasteiger partial charge in [0.1, 0.15) is 6.04 Å². The van der Waals surface area contributed by atoms with Crippen molar-refractivity contribution in [1.82, 2.24) is 15.1 Å². The molecule has 3 atom stereocenters. The molecule has 2 unspecified atom stereocenters. The second-order valence-corrected chi connectivity index (χ2v) is 6.18. The highest BCUT2D eigenvalue weighted by atomic mass is 16.4. The highest BCUT2D eigenvalue weighted by Gasteiger charge is 2.40. The molecule has 3 saturated heterocycles. The number of carbonyl (C=O) groups excluding carboxylic acids is 2. The minimum absolute atomic E-state index is 0.0986. The molecular formula is C14H21N3O4. The van der Waals surface area contributed by atoms with Crippen LogP contribution in [0.15, 0.2) is 0 Å². The van der Waals surface area contributed by atoms with Crippen molar-refractivity contribution in [3.8, 4) is 0 Å². The van der Waals surface area contributed by atoms with Crippen LogP contribution in [-0.4, -0.2) is 64.5 Å². The fourth-order valence-electron chi connectivity index (χ4n) is 3.72. The number of fused-ring (bicyclic) bond motifs is 1. The standard InChI is InChI=1S/C14H21N3O4/c18-12-4-3-9-8-16(7-5-10(9)15-12)14(21)17-6-1-2-11(17)13(19)20/h9-11H,1-8H2,(H,15,18)(H,19,20)/t9?,10?,11-/m0/s1. The maximum atomic E-state index is 12.6. The smallest absolute Gasteiger partial charge is 0.326 e. The Bertz CT molecular complexity index is 467. The molecule has 3 heterocycles. The van der Waals surface area contributed by atoms with Gasteiger partial charge in [-0.05, 0) is 31.6 Å². The average molecular weight is 295 g/mol. The van der Waals surface area contributed by atoms with Crippen molar-refractivity contribution in [2.24, 2.45) is 5.92 Å². The number of carboxylic acids is 1. The van der Waals surface area contributed by atoms with Gasteiger partial charge in [-0.3, -0.25) is 4.79 Å². The summed E-state index contributed by atoms with van der Waals surface area (Å²) < 4.78 is 0. The van der Waals surface area contributed by atoms with Gasteiger partial charge in [0.25, 0.3) is 0 Å². The van der Waals surface area contributed by atoms with E-state index in [4.69, 9.17) is 0 Å². The highest BCUT2D eigenvalue weighted by molar-refractivity contribution is 5.83. The SMILES string of the molecule is O=C1CCC2CN(C(=O)N3CCC[C@H]3C(=O)O)CCC2N1. The average Bonchev–Trinajstić information content (AvgIpc) is 2.95. The number of amides is 3. The molecule has 7 heteroatoms. The van der Waals surface area contributed by atoms with Crippen LogP contribution in [0.1, 0.15) is 32.1 Å². The maximum absolute atomic E-state index is 12.6. The van der Waals surface area contributed by atoms with Gasteiger partial charge in [0, 0.05) is 32.1 Å².